The SMILES string of the molecule is C=CNC(Cc1cc(F)cc(F)c1)c1nc(C=C)c(N)cc1-c1cccc(C(=O)OC)c1.CCn1nc(C(F)F)c2c1C(F)(F)C1CC21. The highest BCUT2D eigenvalue weighted by atomic mass is 19.3. The zero-order valence-corrected chi connectivity index (χ0v) is 26.1. The van der Waals surface area contributed by atoms with E-state index in [4.69, 9.17) is 10.5 Å². The fourth-order valence-electron chi connectivity index (χ4n) is 6.18. The summed E-state index contributed by atoms with van der Waals surface area (Å²) in [5, 5.41) is 6.71. The second kappa shape index (κ2) is 13.6. The number of nitrogens with zero attached hydrogens (tertiary/aromatic N) is 3. The average molecular weight is 670 g/mol. The van der Waals surface area contributed by atoms with E-state index in [2.05, 4.69) is 28.6 Å². The number of anilines is 1. The van der Waals surface area contributed by atoms with Crippen LogP contribution in [0.3, 0.4) is 0 Å². The summed E-state index contributed by atoms with van der Waals surface area (Å²) in [6.45, 7) is 9.30. The summed E-state index contributed by atoms with van der Waals surface area (Å²) < 4.78 is 86.4. The molecule has 7 nitrogen and oxygen atoms in total. The highest BCUT2D eigenvalue weighted by molar-refractivity contribution is 5.91. The molecule has 3 unspecified atom stereocenters. The van der Waals surface area contributed by atoms with Crippen molar-refractivity contribution in [1.82, 2.24) is 20.1 Å². The van der Waals surface area contributed by atoms with Crippen molar-refractivity contribution in [2.75, 3.05) is 12.8 Å². The normalized spacial score (nSPS) is 17.4. The number of hydrogen-bond acceptors (Lipinski definition) is 6. The van der Waals surface area contributed by atoms with Crippen molar-refractivity contribution >= 4 is 17.7 Å². The predicted molar refractivity (Wildman–Crippen MR) is 169 cm³/mol. The Hall–Kier alpha value is -5.07. The highest BCUT2D eigenvalue weighted by Gasteiger charge is 2.67. The highest BCUT2D eigenvalue weighted by Crippen LogP contribution is 2.68. The van der Waals surface area contributed by atoms with Gasteiger partial charge in [0.2, 0.25) is 0 Å². The number of carbonyl (C=O) groups is 1. The standard InChI is InChI=1S/C25H23F2N3O2.C10H10F4N2/c1-4-22-21(28)14-20(16-7-6-8-17(12-16)25(31)32-3)24(30-22)23(29-5-2)11-15-9-18(26)13-19(27)10-15;1-2-16-8-6(7(15-16)9(11)12)4-3-5(4)10(8,13)14/h4-10,12-14,23,29H,1-2,11,28H2,3H3;4-5,9H,2-3H2,1H3. The molecule has 13 heteroatoms. The fraction of sp³-hybridized carbons (Fsp3) is 0.286. The second-order valence-electron chi connectivity index (χ2n) is 11.4. The topological polar surface area (TPSA) is 95.1 Å². The number of fused-ring (bicyclic) bond motifs is 3. The number of rotatable bonds is 10. The Kier molecular flexibility index (Phi) is 9.69. The number of benzene rings is 2. The van der Waals surface area contributed by atoms with E-state index in [0.29, 0.717) is 45.7 Å². The van der Waals surface area contributed by atoms with Crippen LogP contribution in [0.25, 0.3) is 17.2 Å². The Morgan fingerprint density at radius 3 is 2.46 bits per heavy atom. The molecular weight excluding hydrogens is 636 g/mol. The Morgan fingerprint density at radius 1 is 1.15 bits per heavy atom. The van der Waals surface area contributed by atoms with Gasteiger partial charge in [0.15, 0.2) is 0 Å². The maximum atomic E-state index is 13.8. The molecule has 48 heavy (non-hydrogen) atoms. The van der Waals surface area contributed by atoms with Crippen LogP contribution in [0, 0.1) is 17.6 Å². The molecule has 0 radical (unpaired) electrons. The summed E-state index contributed by atoms with van der Waals surface area (Å²) in [5.41, 5.74) is 9.12. The minimum atomic E-state index is -2.98. The predicted octanol–water partition coefficient (Wildman–Crippen LogP) is 8.11. The molecule has 0 aliphatic heterocycles. The van der Waals surface area contributed by atoms with Crippen LogP contribution in [0.5, 0.6) is 0 Å². The van der Waals surface area contributed by atoms with E-state index in [1.54, 1.807) is 31.2 Å². The zero-order chi connectivity index (χ0) is 34.9. The number of hydrogen-bond donors (Lipinski definition) is 2. The molecule has 2 aliphatic carbocycles. The number of nitrogens with one attached hydrogen (secondary N) is 1. The lowest BCUT2D eigenvalue weighted by Gasteiger charge is -2.22. The van der Waals surface area contributed by atoms with Gasteiger partial charge in [0.1, 0.15) is 23.0 Å². The van der Waals surface area contributed by atoms with Crippen molar-refractivity contribution in [3.8, 4) is 11.1 Å². The van der Waals surface area contributed by atoms with Gasteiger partial charge in [0.05, 0.1) is 35.8 Å². The molecule has 6 rings (SSSR count). The van der Waals surface area contributed by atoms with Crippen LogP contribution in [0.2, 0.25) is 0 Å². The number of ether oxygens (including phenoxy) is 1. The molecule has 1 saturated carbocycles. The molecule has 2 aliphatic rings. The minimum absolute atomic E-state index is 0.117. The fourth-order valence-corrected chi connectivity index (χ4v) is 6.18. The lowest BCUT2D eigenvalue weighted by Crippen LogP contribution is -2.21. The summed E-state index contributed by atoms with van der Waals surface area (Å²) in [7, 11) is 1.31. The zero-order valence-electron chi connectivity index (χ0n) is 26.1. The second-order valence-corrected chi connectivity index (χ2v) is 11.4. The smallest absolute Gasteiger partial charge is 0.337 e. The molecule has 3 atom stereocenters. The number of nitrogen functional groups attached to an aromatic ring is 1. The van der Waals surface area contributed by atoms with E-state index in [-0.39, 0.29) is 24.2 Å². The number of alkyl halides is 4. The molecule has 0 amide bonds. The van der Waals surface area contributed by atoms with Gasteiger partial charge in [-0.1, -0.05) is 25.3 Å². The number of halogens is 6. The lowest BCUT2D eigenvalue weighted by molar-refractivity contribution is -0.0309. The van der Waals surface area contributed by atoms with Crippen molar-refractivity contribution in [3.05, 3.63) is 119 Å². The quantitative estimate of drug-likeness (QED) is 0.131. The molecule has 0 bridgehead atoms. The number of pyridine rings is 1. The molecule has 2 aromatic carbocycles. The van der Waals surface area contributed by atoms with Gasteiger partial charge in [-0.05, 0) is 79.4 Å². The van der Waals surface area contributed by atoms with Crippen LogP contribution in [-0.4, -0.2) is 27.8 Å². The number of esters is 1. The number of aromatic nitrogens is 3. The Bertz CT molecular complexity index is 1850. The number of carbonyl (C=O) groups excluding carboxylic acids is 1. The van der Waals surface area contributed by atoms with E-state index >= 15 is 0 Å². The third kappa shape index (κ3) is 6.54. The molecule has 252 valence electrons. The van der Waals surface area contributed by atoms with Crippen LogP contribution in [0.15, 0.2) is 67.9 Å². The summed E-state index contributed by atoms with van der Waals surface area (Å²) >= 11 is 0. The molecule has 2 aromatic heterocycles. The Morgan fingerprint density at radius 2 is 1.85 bits per heavy atom. The Labute approximate surface area is 273 Å². The first kappa shape index (κ1) is 34.3. The summed E-state index contributed by atoms with van der Waals surface area (Å²) in [6, 6.07) is 11.4. The molecular formula is C35H33F6N5O2. The maximum Gasteiger partial charge on any atom is 0.337 e. The molecule has 0 saturated heterocycles. The van der Waals surface area contributed by atoms with Crippen LogP contribution in [0.4, 0.5) is 32.0 Å². The number of aryl methyl sites for hydroxylation is 1. The first-order valence-electron chi connectivity index (χ1n) is 15.0. The number of methoxy groups -OCH3 is 1. The van der Waals surface area contributed by atoms with Gasteiger partial charge in [0.25, 0.3) is 12.3 Å². The van der Waals surface area contributed by atoms with Crippen molar-refractivity contribution in [3.63, 3.8) is 0 Å². The van der Waals surface area contributed by atoms with Gasteiger partial charge in [0, 0.05) is 29.7 Å². The third-order valence-electron chi connectivity index (χ3n) is 8.38. The molecule has 4 aromatic rings. The first-order chi connectivity index (χ1) is 22.8. The summed E-state index contributed by atoms with van der Waals surface area (Å²) in [6.07, 6.45) is 0.783. The Balaban J connectivity index is 0.000000233. The van der Waals surface area contributed by atoms with Crippen LogP contribution >= 0.6 is 0 Å². The van der Waals surface area contributed by atoms with E-state index in [1.165, 1.54) is 31.5 Å². The van der Waals surface area contributed by atoms with Crippen LogP contribution < -0.4 is 11.1 Å². The van der Waals surface area contributed by atoms with Crippen LogP contribution in [-0.2, 0) is 23.6 Å². The largest absolute Gasteiger partial charge is 0.465 e. The van der Waals surface area contributed by atoms with Gasteiger partial charge in [-0.2, -0.15) is 13.9 Å². The summed E-state index contributed by atoms with van der Waals surface area (Å²) in [5.74, 6) is -5.95. The van der Waals surface area contributed by atoms with Crippen LogP contribution in [0.1, 0.15) is 76.0 Å². The van der Waals surface area contributed by atoms with Gasteiger partial charge in [-0.3, -0.25) is 4.68 Å². The minimum Gasteiger partial charge on any atom is -0.465 e. The summed E-state index contributed by atoms with van der Waals surface area (Å²) in [4.78, 5) is 16.7. The monoisotopic (exact) mass is 669 g/mol. The molecule has 2 heterocycles. The first-order valence-corrected chi connectivity index (χ1v) is 15.0. The van der Waals surface area contributed by atoms with Crippen molar-refractivity contribution < 1.29 is 35.9 Å². The maximum absolute atomic E-state index is 13.8. The third-order valence-corrected chi connectivity index (χ3v) is 8.38. The molecule has 1 fully saturated rings. The molecule has 3 N–H and O–H groups in total. The van der Waals surface area contributed by atoms with Crippen molar-refractivity contribution in [2.45, 2.75) is 50.6 Å². The lowest BCUT2D eigenvalue weighted by atomic mass is 9.93. The number of nitrogens with two attached hydrogens (primary N) is 1. The van der Waals surface area contributed by atoms with Crippen molar-refractivity contribution in [1.29, 1.82) is 0 Å². The van der Waals surface area contributed by atoms with Gasteiger partial charge in [-0.15, -0.1) is 0 Å². The molecule has 0 spiro atoms. The van der Waals surface area contributed by atoms with Crippen molar-refractivity contribution in [2.24, 2.45) is 5.92 Å². The average Bonchev–Trinajstić information content (AvgIpc) is 3.70. The van der Waals surface area contributed by atoms with E-state index in [1.807, 2.05) is 6.07 Å². The van der Waals surface area contributed by atoms with Gasteiger partial charge in [-0.25, -0.2) is 27.3 Å². The van der Waals surface area contributed by atoms with E-state index in [0.717, 1.165) is 10.7 Å². The van der Waals surface area contributed by atoms with Gasteiger partial charge < -0.3 is 15.8 Å². The van der Waals surface area contributed by atoms with E-state index < -0.39 is 53.5 Å². The van der Waals surface area contributed by atoms with E-state index in [9.17, 15) is 31.1 Å². The van der Waals surface area contributed by atoms with Gasteiger partial charge >= 0.3 is 5.97 Å².